The zero-order valence-electron chi connectivity index (χ0n) is 19.3. The van der Waals surface area contributed by atoms with Crippen molar-refractivity contribution in [1.29, 1.82) is 0 Å². The van der Waals surface area contributed by atoms with Crippen molar-refractivity contribution < 1.29 is 22.7 Å². The highest BCUT2D eigenvalue weighted by molar-refractivity contribution is 7.89. The first-order valence-corrected chi connectivity index (χ1v) is 11.9. The zero-order valence-corrected chi connectivity index (χ0v) is 20.1. The molecule has 0 aliphatic carbocycles. The number of amides is 1. The van der Waals surface area contributed by atoms with Crippen LogP contribution in [-0.2, 0) is 21.4 Å². The Bertz CT molecular complexity index is 1240. The molecule has 34 heavy (non-hydrogen) atoms. The summed E-state index contributed by atoms with van der Waals surface area (Å²) in [6.45, 7) is 1.39. The molecule has 0 fully saturated rings. The van der Waals surface area contributed by atoms with Crippen molar-refractivity contribution in [3.05, 3.63) is 89.5 Å². The first-order chi connectivity index (χ1) is 16.3. The quantitative estimate of drug-likeness (QED) is 0.354. The molecular formula is C25H27N3O5S. The molecule has 178 valence electrons. The summed E-state index contributed by atoms with van der Waals surface area (Å²) in [5.41, 5.74) is 4.59. The molecule has 1 amide bonds. The monoisotopic (exact) mass is 481 g/mol. The maximum Gasteiger partial charge on any atom is 0.255 e. The van der Waals surface area contributed by atoms with E-state index in [0.717, 1.165) is 15.4 Å². The van der Waals surface area contributed by atoms with Crippen LogP contribution >= 0.6 is 0 Å². The molecule has 0 heterocycles. The lowest BCUT2D eigenvalue weighted by Crippen LogP contribution is -2.39. The van der Waals surface area contributed by atoms with E-state index >= 15 is 0 Å². The molecule has 8 nitrogen and oxygen atoms in total. The lowest BCUT2D eigenvalue weighted by molar-refractivity contribution is -0.121. The first-order valence-electron chi connectivity index (χ1n) is 10.5. The van der Waals surface area contributed by atoms with E-state index in [9.17, 15) is 13.2 Å². The Morgan fingerprint density at radius 3 is 2.32 bits per heavy atom. The topological polar surface area (TPSA) is 97.3 Å². The maximum atomic E-state index is 13.4. The SMILES string of the molecule is COc1ccc(/C=N/NC(=O)CN(Cc2ccccc2)S(=O)(=O)c2ccc(OC)c(C)c2)cc1. The van der Waals surface area contributed by atoms with Crippen LogP contribution in [0.1, 0.15) is 16.7 Å². The summed E-state index contributed by atoms with van der Waals surface area (Å²) in [5.74, 6) is 0.727. The van der Waals surface area contributed by atoms with E-state index < -0.39 is 22.5 Å². The molecule has 0 atom stereocenters. The van der Waals surface area contributed by atoms with Crippen LogP contribution in [0.5, 0.6) is 11.5 Å². The van der Waals surface area contributed by atoms with Gasteiger partial charge in [0, 0.05) is 6.54 Å². The molecule has 3 aromatic carbocycles. The van der Waals surface area contributed by atoms with Crippen LogP contribution < -0.4 is 14.9 Å². The average Bonchev–Trinajstić information content (AvgIpc) is 2.84. The van der Waals surface area contributed by atoms with Crippen LogP contribution in [0.3, 0.4) is 0 Å². The predicted molar refractivity (Wildman–Crippen MR) is 130 cm³/mol. The number of ether oxygens (including phenoxy) is 2. The van der Waals surface area contributed by atoms with E-state index in [1.807, 2.05) is 30.3 Å². The van der Waals surface area contributed by atoms with Gasteiger partial charge in [0.15, 0.2) is 0 Å². The van der Waals surface area contributed by atoms with Gasteiger partial charge in [0.2, 0.25) is 10.0 Å². The van der Waals surface area contributed by atoms with Gasteiger partial charge in [-0.05, 0) is 66.1 Å². The Morgan fingerprint density at radius 2 is 1.71 bits per heavy atom. The minimum absolute atomic E-state index is 0.0316. The van der Waals surface area contributed by atoms with Gasteiger partial charge in [0.05, 0.1) is 31.9 Å². The summed E-state index contributed by atoms with van der Waals surface area (Å²) in [6, 6.07) is 20.8. The second-order valence-electron chi connectivity index (χ2n) is 7.46. The van der Waals surface area contributed by atoms with Gasteiger partial charge in [-0.25, -0.2) is 13.8 Å². The summed E-state index contributed by atoms with van der Waals surface area (Å²) in [4.78, 5) is 12.7. The summed E-state index contributed by atoms with van der Waals surface area (Å²) >= 11 is 0. The number of hydrogen-bond acceptors (Lipinski definition) is 6. The van der Waals surface area contributed by atoms with E-state index in [2.05, 4.69) is 10.5 Å². The number of aryl methyl sites for hydroxylation is 1. The summed E-state index contributed by atoms with van der Waals surface area (Å²) < 4.78 is 38.3. The molecule has 0 bridgehead atoms. The molecule has 3 rings (SSSR count). The highest BCUT2D eigenvalue weighted by Crippen LogP contribution is 2.24. The van der Waals surface area contributed by atoms with Gasteiger partial charge in [-0.15, -0.1) is 0 Å². The second-order valence-corrected chi connectivity index (χ2v) is 9.39. The lowest BCUT2D eigenvalue weighted by Gasteiger charge is -2.22. The van der Waals surface area contributed by atoms with Crippen LogP contribution in [0.4, 0.5) is 0 Å². The van der Waals surface area contributed by atoms with Crippen molar-refractivity contribution in [2.45, 2.75) is 18.4 Å². The van der Waals surface area contributed by atoms with Gasteiger partial charge < -0.3 is 9.47 Å². The Hall–Kier alpha value is -3.69. The van der Waals surface area contributed by atoms with E-state index in [1.165, 1.54) is 25.5 Å². The van der Waals surface area contributed by atoms with Crippen molar-refractivity contribution in [3.63, 3.8) is 0 Å². The van der Waals surface area contributed by atoms with Crippen molar-refractivity contribution in [1.82, 2.24) is 9.73 Å². The Kier molecular flexibility index (Phi) is 8.39. The van der Waals surface area contributed by atoms with Crippen LogP contribution in [-0.4, -0.2) is 45.6 Å². The van der Waals surface area contributed by atoms with Crippen molar-refractivity contribution >= 4 is 22.1 Å². The Balaban J connectivity index is 1.78. The first kappa shape index (κ1) is 24.9. The molecule has 0 spiro atoms. The fourth-order valence-corrected chi connectivity index (χ4v) is 4.71. The minimum Gasteiger partial charge on any atom is -0.497 e. The van der Waals surface area contributed by atoms with Gasteiger partial charge in [-0.1, -0.05) is 30.3 Å². The third kappa shape index (κ3) is 6.43. The number of hydrogen-bond donors (Lipinski definition) is 1. The molecular weight excluding hydrogens is 454 g/mol. The normalized spacial score (nSPS) is 11.5. The zero-order chi connectivity index (χ0) is 24.6. The summed E-state index contributed by atoms with van der Waals surface area (Å²) in [5, 5.41) is 3.95. The molecule has 0 aliphatic heterocycles. The molecule has 1 N–H and O–H groups in total. The summed E-state index contributed by atoms with van der Waals surface area (Å²) in [7, 11) is -0.877. The number of hydrazone groups is 1. The number of rotatable bonds is 10. The number of sulfonamides is 1. The van der Waals surface area contributed by atoms with Crippen molar-refractivity contribution in [2.75, 3.05) is 20.8 Å². The van der Waals surface area contributed by atoms with Crippen molar-refractivity contribution in [2.24, 2.45) is 5.10 Å². The molecule has 0 saturated carbocycles. The molecule has 3 aromatic rings. The van der Waals surface area contributed by atoms with Crippen LogP contribution in [0.25, 0.3) is 0 Å². The van der Waals surface area contributed by atoms with Crippen LogP contribution in [0.15, 0.2) is 82.8 Å². The van der Waals surface area contributed by atoms with Gasteiger partial charge in [-0.2, -0.15) is 9.41 Å². The fourth-order valence-electron chi connectivity index (χ4n) is 3.24. The molecule has 0 aliphatic rings. The van der Waals surface area contributed by atoms with Crippen LogP contribution in [0, 0.1) is 6.92 Å². The number of nitrogens with one attached hydrogen (secondary N) is 1. The van der Waals surface area contributed by atoms with Gasteiger partial charge in [0.1, 0.15) is 11.5 Å². The number of benzene rings is 3. The van der Waals surface area contributed by atoms with Gasteiger partial charge in [-0.3, -0.25) is 4.79 Å². The summed E-state index contributed by atoms with van der Waals surface area (Å²) in [6.07, 6.45) is 1.47. The fraction of sp³-hybridized carbons (Fsp3) is 0.200. The third-order valence-corrected chi connectivity index (χ3v) is 6.83. The number of carbonyl (C=O) groups excluding carboxylic acids is 1. The van der Waals surface area contributed by atoms with E-state index in [1.54, 1.807) is 44.4 Å². The highest BCUT2D eigenvalue weighted by atomic mass is 32.2. The van der Waals surface area contributed by atoms with E-state index in [-0.39, 0.29) is 11.4 Å². The number of carbonyl (C=O) groups is 1. The Labute approximate surface area is 199 Å². The molecule has 0 radical (unpaired) electrons. The van der Waals surface area contributed by atoms with Crippen LogP contribution in [0.2, 0.25) is 0 Å². The Morgan fingerprint density at radius 1 is 1.00 bits per heavy atom. The molecule has 0 aromatic heterocycles. The van der Waals surface area contributed by atoms with Crippen molar-refractivity contribution in [3.8, 4) is 11.5 Å². The van der Waals surface area contributed by atoms with E-state index in [0.29, 0.717) is 17.1 Å². The molecule has 0 saturated heterocycles. The molecule has 0 unspecified atom stereocenters. The maximum absolute atomic E-state index is 13.4. The smallest absolute Gasteiger partial charge is 0.255 e. The highest BCUT2D eigenvalue weighted by Gasteiger charge is 2.27. The van der Waals surface area contributed by atoms with Gasteiger partial charge >= 0.3 is 0 Å². The predicted octanol–water partition coefficient (Wildman–Crippen LogP) is 3.35. The average molecular weight is 482 g/mol. The standard InChI is InChI=1S/C25H27N3O5S/c1-19-15-23(13-14-24(19)33-3)34(30,31)28(17-21-7-5-4-6-8-21)18-25(29)27-26-16-20-9-11-22(32-2)12-10-20/h4-16H,17-18H2,1-3H3,(H,27,29)/b26-16+. The van der Waals surface area contributed by atoms with E-state index in [4.69, 9.17) is 9.47 Å². The molecule has 9 heteroatoms. The largest absolute Gasteiger partial charge is 0.497 e. The number of nitrogens with zero attached hydrogens (tertiary/aromatic N) is 2. The van der Waals surface area contributed by atoms with Gasteiger partial charge in [0.25, 0.3) is 5.91 Å². The lowest BCUT2D eigenvalue weighted by atomic mass is 10.2. The third-order valence-electron chi connectivity index (χ3n) is 5.04. The number of methoxy groups -OCH3 is 2. The minimum atomic E-state index is -3.98. The second kappa shape index (κ2) is 11.4.